The number of amides is 2. The highest BCUT2D eigenvalue weighted by molar-refractivity contribution is 7.97. The molecule has 1 aliphatic carbocycles. The summed E-state index contributed by atoms with van der Waals surface area (Å²) in [6.07, 6.45) is 6.88. The number of aryl methyl sites for hydroxylation is 2. The van der Waals surface area contributed by atoms with Crippen LogP contribution in [0.5, 0.6) is 0 Å². The summed E-state index contributed by atoms with van der Waals surface area (Å²) in [7, 11) is 0. The normalized spacial score (nSPS) is 12.8. The van der Waals surface area contributed by atoms with Gasteiger partial charge in [0.25, 0.3) is 0 Å². The average molecular weight is 408 g/mol. The second-order valence-corrected chi connectivity index (χ2v) is 8.38. The minimum absolute atomic E-state index is 0.249. The van der Waals surface area contributed by atoms with Crippen molar-refractivity contribution in [2.45, 2.75) is 51.1 Å². The first-order chi connectivity index (χ1) is 14.0. The molecule has 1 aromatic carbocycles. The second-order valence-electron chi connectivity index (χ2n) is 7.55. The van der Waals surface area contributed by atoms with E-state index in [0.717, 1.165) is 46.8 Å². The molecule has 0 aliphatic heterocycles. The first-order valence-electron chi connectivity index (χ1n) is 9.88. The van der Waals surface area contributed by atoms with Gasteiger partial charge in [0.2, 0.25) is 0 Å². The molecule has 0 unspecified atom stereocenters. The van der Waals surface area contributed by atoms with Crippen molar-refractivity contribution in [3.63, 3.8) is 0 Å². The Morgan fingerprint density at radius 3 is 2.83 bits per heavy atom. The van der Waals surface area contributed by atoms with E-state index in [1.165, 1.54) is 23.1 Å². The van der Waals surface area contributed by atoms with E-state index < -0.39 is 0 Å². The molecule has 0 radical (unpaired) electrons. The molecule has 2 heterocycles. The molecule has 2 aromatic heterocycles. The number of anilines is 1. The van der Waals surface area contributed by atoms with E-state index in [1.807, 2.05) is 42.2 Å². The Kier molecular flexibility index (Phi) is 5.58. The number of rotatable bonds is 5. The summed E-state index contributed by atoms with van der Waals surface area (Å²) in [4.78, 5) is 17.0. The van der Waals surface area contributed by atoms with Gasteiger partial charge in [0, 0.05) is 41.6 Å². The molecule has 150 valence electrons. The minimum atomic E-state index is -0.249. The Labute approximate surface area is 175 Å². The minimum Gasteiger partial charge on any atom is -0.306 e. The fourth-order valence-electron chi connectivity index (χ4n) is 3.66. The van der Waals surface area contributed by atoms with Crippen molar-refractivity contribution in [2.24, 2.45) is 0 Å². The molecule has 29 heavy (non-hydrogen) atoms. The van der Waals surface area contributed by atoms with Gasteiger partial charge in [0.1, 0.15) is 5.03 Å². The summed E-state index contributed by atoms with van der Waals surface area (Å²) >= 11 is 1.22. The number of aromatic nitrogens is 3. The number of hydrogen-bond acceptors (Lipinski definition) is 4. The highest BCUT2D eigenvalue weighted by atomic mass is 32.2. The third-order valence-corrected chi connectivity index (χ3v) is 5.80. The first-order valence-corrected chi connectivity index (χ1v) is 10.7. The molecule has 3 aromatic rings. The molecule has 2 N–H and O–H groups in total. The number of carbonyl (C=O) groups excluding carboxylic acids is 1. The highest BCUT2D eigenvalue weighted by Crippen LogP contribution is 2.37. The quantitative estimate of drug-likeness (QED) is 0.574. The van der Waals surface area contributed by atoms with Gasteiger partial charge in [-0.05, 0) is 74.9 Å². The third-order valence-electron chi connectivity index (χ3n) is 5.09. The van der Waals surface area contributed by atoms with Crippen LogP contribution in [0.25, 0.3) is 11.1 Å². The van der Waals surface area contributed by atoms with Crippen LogP contribution in [-0.2, 0) is 12.8 Å². The molecule has 6 nitrogen and oxygen atoms in total. The number of nitrogens with one attached hydrogen (secondary N) is 2. The SMILES string of the molecule is Cc1cc(-c2ccc3c(c2NC(=O)NSc2ccn(C(C)C)n2)CCC3)ccn1. The predicted octanol–water partition coefficient (Wildman–Crippen LogP) is 5.15. The molecule has 0 atom stereocenters. The highest BCUT2D eigenvalue weighted by Gasteiger charge is 2.20. The summed E-state index contributed by atoms with van der Waals surface area (Å²) in [5.74, 6) is 0. The number of nitrogens with zero attached hydrogens (tertiary/aromatic N) is 3. The number of hydrogen-bond donors (Lipinski definition) is 2. The monoisotopic (exact) mass is 407 g/mol. The van der Waals surface area contributed by atoms with Crippen LogP contribution >= 0.6 is 11.9 Å². The van der Waals surface area contributed by atoms with Crippen molar-refractivity contribution < 1.29 is 4.79 Å². The zero-order valence-corrected chi connectivity index (χ0v) is 17.7. The number of fused-ring (bicyclic) bond motifs is 1. The molecule has 0 spiro atoms. The second kappa shape index (κ2) is 8.29. The van der Waals surface area contributed by atoms with Gasteiger partial charge in [-0.25, -0.2) is 4.79 Å². The maximum absolute atomic E-state index is 12.7. The van der Waals surface area contributed by atoms with Crippen molar-refractivity contribution in [3.8, 4) is 11.1 Å². The van der Waals surface area contributed by atoms with Gasteiger partial charge >= 0.3 is 6.03 Å². The van der Waals surface area contributed by atoms with Crippen LogP contribution in [0.3, 0.4) is 0 Å². The Bertz CT molecular complexity index is 1040. The zero-order valence-electron chi connectivity index (χ0n) is 16.9. The van der Waals surface area contributed by atoms with Crippen molar-refractivity contribution in [3.05, 3.63) is 59.5 Å². The predicted molar refractivity (Wildman–Crippen MR) is 117 cm³/mol. The van der Waals surface area contributed by atoms with Crippen molar-refractivity contribution in [1.29, 1.82) is 0 Å². The zero-order chi connectivity index (χ0) is 20.4. The van der Waals surface area contributed by atoms with Gasteiger partial charge in [-0.1, -0.05) is 12.1 Å². The standard InChI is InChI=1S/C22H25N5OS/c1-14(2)27-12-10-20(25-27)29-26-22(28)24-21-18-6-4-5-16(18)7-8-19(21)17-9-11-23-15(3)13-17/h7-14H,4-6H2,1-3H3,(H2,24,26,28). The largest absolute Gasteiger partial charge is 0.329 e. The van der Waals surface area contributed by atoms with Gasteiger partial charge in [-0.2, -0.15) is 5.10 Å². The molecule has 0 saturated carbocycles. The van der Waals surface area contributed by atoms with Crippen molar-refractivity contribution in [2.75, 3.05) is 5.32 Å². The maximum Gasteiger partial charge on any atom is 0.329 e. The van der Waals surface area contributed by atoms with Crippen LogP contribution in [0.1, 0.15) is 43.1 Å². The lowest BCUT2D eigenvalue weighted by atomic mass is 9.97. The number of urea groups is 1. The molecule has 0 bridgehead atoms. The smallest absolute Gasteiger partial charge is 0.306 e. The van der Waals surface area contributed by atoms with E-state index in [-0.39, 0.29) is 12.1 Å². The Morgan fingerprint density at radius 2 is 2.07 bits per heavy atom. The van der Waals surface area contributed by atoms with E-state index in [4.69, 9.17) is 0 Å². The summed E-state index contributed by atoms with van der Waals surface area (Å²) in [6, 6.07) is 10.3. The lowest BCUT2D eigenvalue weighted by molar-refractivity contribution is 0.257. The van der Waals surface area contributed by atoms with Crippen LogP contribution < -0.4 is 10.0 Å². The summed E-state index contributed by atoms with van der Waals surface area (Å²) in [5.41, 5.74) is 6.50. The molecule has 0 fully saturated rings. The molecule has 0 saturated heterocycles. The summed E-state index contributed by atoms with van der Waals surface area (Å²) < 4.78 is 4.73. The van der Waals surface area contributed by atoms with E-state index in [1.54, 1.807) is 0 Å². The molecule has 7 heteroatoms. The summed E-state index contributed by atoms with van der Waals surface area (Å²) in [5, 5.41) is 8.32. The Morgan fingerprint density at radius 1 is 1.21 bits per heavy atom. The van der Waals surface area contributed by atoms with Crippen LogP contribution in [0, 0.1) is 6.92 Å². The van der Waals surface area contributed by atoms with Crippen LogP contribution in [0.2, 0.25) is 0 Å². The fourth-order valence-corrected chi connectivity index (χ4v) is 4.18. The molecular weight excluding hydrogens is 382 g/mol. The van der Waals surface area contributed by atoms with Crippen LogP contribution in [0.15, 0.2) is 47.8 Å². The van der Waals surface area contributed by atoms with Crippen LogP contribution in [0.4, 0.5) is 10.5 Å². The van der Waals surface area contributed by atoms with Crippen molar-refractivity contribution in [1.82, 2.24) is 19.5 Å². The Balaban J connectivity index is 1.55. The average Bonchev–Trinajstić information content (AvgIpc) is 3.36. The van der Waals surface area contributed by atoms with Gasteiger partial charge in [0.05, 0.1) is 5.69 Å². The molecular formula is C22H25N5OS. The van der Waals surface area contributed by atoms with E-state index in [2.05, 4.69) is 46.1 Å². The number of pyridine rings is 1. The summed E-state index contributed by atoms with van der Waals surface area (Å²) in [6.45, 7) is 6.11. The van der Waals surface area contributed by atoms with Gasteiger partial charge in [-0.15, -0.1) is 0 Å². The lowest BCUT2D eigenvalue weighted by Gasteiger charge is -2.16. The van der Waals surface area contributed by atoms with Gasteiger partial charge in [-0.3, -0.25) is 14.4 Å². The Hall–Kier alpha value is -2.80. The topological polar surface area (TPSA) is 71.8 Å². The molecule has 2 amide bonds. The van der Waals surface area contributed by atoms with E-state index >= 15 is 0 Å². The maximum atomic E-state index is 12.7. The fraction of sp³-hybridized carbons (Fsp3) is 0.318. The van der Waals surface area contributed by atoms with Crippen LogP contribution in [-0.4, -0.2) is 20.8 Å². The number of benzene rings is 1. The molecule has 4 rings (SSSR count). The van der Waals surface area contributed by atoms with E-state index in [0.29, 0.717) is 0 Å². The lowest BCUT2D eigenvalue weighted by Crippen LogP contribution is -2.24. The molecule has 1 aliphatic rings. The van der Waals surface area contributed by atoms with Gasteiger partial charge < -0.3 is 5.32 Å². The van der Waals surface area contributed by atoms with Crippen molar-refractivity contribution >= 4 is 23.7 Å². The van der Waals surface area contributed by atoms with E-state index in [9.17, 15) is 4.79 Å². The first kappa shape index (κ1) is 19.5. The van der Waals surface area contributed by atoms with Gasteiger partial charge in [0.15, 0.2) is 0 Å². The third kappa shape index (κ3) is 4.29. The number of carbonyl (C=O) groups is 1.